The lowest BCUT2D eigenvalue weighted by molar-refractivity contribution is -0.968. The van der Waals surface area contributed by atoms with E-state index in [1.165, 1.54) is 37.0 Å². The van der Waals surface area contributed by atoms with Crippen LogP contribution >= 0.6 is 0 Å². The van der Waals surface area contributed by atoms with Gasteiger partial charge >= 0.3 is 0 Å². The van der Waals surface area contributed by atoms with Gasteiger partial charge in [0.2, 0.25) is 5.72 Å². The Morgan fingerprint density at radius 1 is 1.15 bits per heavy atom. The largest absolute Gasteiger partial charge is 0.316 e. The topological polar surface area (TPSA) is 12.5 Å². The highest BCUT2D eigenvalue weighted by atomic mass is 16.6. The van der Waals surface area contributed by atoms with Gasteiger partial charge in [0.25, 0.3) is 0 Å². The maximum atomic E-state index is 5.63. The molecule has 0 N–H and O–H groups in total. The van der Waals surface area contributed by atoms with Gasteiger partial charge < -0.3 is 4.74 Å². The Labute approximate surface area is 82.5 Å². The third-order valence-corrected chi connectivity index (χ3v) is 3.47. The summed E-state index contributed by atoms with van der Waals surface area (Å²) >= 11 is 0. The first-order valence-corrected chi connectivity index (χ1v) is 5.64. The van der Waals surface area contributed by atoms with Crippen molar-refractivity contribution in [1.29, 1.82) is 0 Å². The zero-order valence-electron chi connectivity index (χ0n) is 9.60. The van der Waals surface area contributed by atoms with Crippen molar-refractivity contribution in [3.05, 3.63) is 0 Å². The van der Waals surface area contributed by atoms with Crippen LogP contribution in [0.15, 0.2) is 0 Å². The van der Waals surface area contributed by atoms with Crippen molar-refractivity contribution >= 4 is 0 Å². The number of ether oxygens (including phenoxy) is 1. The summed E-state index contributed by atoms with van der Waals surface area (Å²) in [6, 6.07) is 0. The molecule has 0 saturated carbocycles. The zero-order valence-corrected chi connectivity index (χ0v) is 9.60. The first-order chi connectivity index (χ1) is 6.14. The predicted octanol–water partition coefficient (Wildman–Crippen LogP) is 2.39. The summed E-state index contributed by atoms with van der Waals surface area (Å²) in [7, 11) is 0. The number of nitrogens with zero attached hydrogens (tertiary/aromatic N) is 1. The molecule has 0 bridgehead atoms. The van der Waals surface area contributed by atoms with Crippen LogP contribution in [0.1, 0.15) is 40.5 Å². The molecule has 0 aliphatic carbocycles. The summed E-state index contributed by atoms with van der Waals surface area (Å²) in [5, 5.41) is 0. The minimum Gasteiger partial charge on any atom is -0.316 e. The summed E-state index contributed by atoms with van der Waals surface area (Å²) in [6.45, 7) is 13.8. The van der Waals surface area contributed by atoms with Gasteiger partial charge in [-0.05, 0) is 19.8 Å². The fraction of sp³-hybridized carbons (Fsp3) is 1.00. The standard InChI is InChI=1S/C11H24NO/c1-5-8-12(7-3,9-6-2)11(4)10-13-11/h5-10H2,1-4H3/q+1. The molecular formula is C11H24NO+. The molecule has 1 aliphatic heterocycles. The van der Waals surface area contributed by atoms with E-state index >= 15 is 0 Å². The Morgan fingerprint density at radius 2 is 1.62 bits per heavy atom. The van der Waals surface area contributed by atoms with Gasteiger partial charge in [0.05, 0.1) is 19.6 Å². The van der Waals surface area contributed by atoms with E-state index in [9.17, 15) is 0 Å². The molecule has 1 saturated heterocycles. The van der Waals surface area contributed by atoms with Crippen LogP contribution in [0, 0.1) is 0 Å². The first-order valence-electron chi connectivity index (χ1n) is 5.64. The lowest BCUT2D eigenvalue weighted by Crippen LogP contribution is -2.57. The molecule has 13 heavy (non-hydrogen) atoms. The van der Waals surface area contributed by atoms with Crippen molar-refractivity contribution in [2.75, 3.05) is 26.2 Å². The molecule has 2 nitrogen and oxygen atoms in total. The molecule has 1 aliphatic rings. The van der Waals surface area contributed by atoms with E-state index in [2.05, 4.69) is 27.7 Å². The summed E-state index contributed by atoms with van der Waals surface area (Å²) < 4.78 is 6.80. The van der Waals surface area contributed by atoms with Gasteiger partial charge in [-0.15, -0.1) is 0 Å². The number of likely N-dealkylation sites (N-methyl/N-ethyl adjacent to an activating group) is 1. The van der Waals surface area contributed by atoms with E-state index in [4.69, 9.17) is 4.74 Å². The van der Waals surface area contributed by atoms with Crippen molar-refractivity contribution in [3.8, 4) is 0 Å². The number of hydrogen-bond donors (Lipinski definition) is 0. The number of quaternary nitrogens is 1. The highest BCUT2D eigenvalue weighted by Crippen LogP contribution is 2.38. The van der Waals surface area contributed by atoms with Gasteiger partial charge in [-0.2, -0.15) is 0 Å². The van der Waals surface area contributed by atoms with Crippen LogP contribution in [-0.2, 0) is 4.74 Å². The van der Waals surface area contributed by atoms with Gasteiger partial charge in [0.1, 0.15) is 6.61 Å². The minimum atomic E-state index is 0.154. The van der Waals surface area contributed by atoms with E-state index in [0.717, 1.165) is 6.61 Å². The van der Waals surface area contributed by atoms with Crippen LogP contribution in [0.5, 0.6) is 0 Å². The molecule has 1 unspecified atom stereocenters. The average Bonchev–Trinajstić information content (AvgIpc) is 2.84. The van der Waals surface area contributed by atoms with E-state index in [-0.39, 0.29) is 5.72 Å². The highest BCUT2D eigenvalue weighted by molar-refractivity contribution is 4.77. The molecule has 0 radical (unpaired) electrons. The maximum absolute atomic E-state index is 5.63. The maximum Gasteiger partial charge on any atom is 0.224 e. The Bertz CT molecular complexity index is 157. The Kier molecular flexibility index (Phi) is 3.36. The molecule has 0 spiro atoms. The second kappa shape index (κ2) is 3.97. The molecule has 0 aromatic carbocycles. The van der Waals surface area contributed by atoms with Crippen molar-refractivity contribution in [2.24, 2.45) is 0 Å². The van der Waals surface area contributed by atoms with Crippen molar-refractivity contribution in [3.63, 3.8) is 0 Å². The normalized spacial score (nSPS) is 27.7. The molecule has 0 aromatic heterocycles. The second-order valence-electron chi connectivity index (χ2n) is 4.37. The molecule has 1 heterocycles. The third kappa shape index (κ3) is 1.89. The first kappa shape index (κ1) is 11.0. The Balaban J connectivity index is 2.69. The zero-order chi connectivity index (χ0) is 9.95. The van der Waals surface area contributed by atoms with Gasteiger partial charge in [-0.1, -0.05) is 13.8 Å². The Morgan fingerprint density at radius 3 is 1.85 bits per heavy atom. The van der Waals surface area contributed by atoms with Gasteiger partial charge in [-0.25, -0.2) is 0 Å². The van der Waals surface area contributed by atoms with Gasteiger partial charge in [0, 0.05) is 6.92 Å². The van der Waals surface area contributed by atoms with Crippen molar-refractivity contribution < 1.29 is 9.22 Å². The molecular weight excluding hydrogens is 162 g/mol. The average molecular weight is 186 g/mol. The number of hydrogen-bond acceptors (Lipinski definition) is 1. The molecule has 1 fully saturated rings. The van der Waals surface area contributed by atoms with Crippen LogP contribution in [0.4, 0.5) is 0 Å². The van der Waals surface area contributed by atoms with E-state index in [1.54, 1.807) is 0 Å². The summed E-state index contributed by atoms with van der Waals surface area (Å²) in [5.41, 5.74) is 0.154. The number of rotatable bonds is 6. The Hall–Kier alpha value is -0.0800. The minimum absolute atomic E-state index is 0.154. The lowest BCUT2D eigenvalue weighted by atomic mass is 10.1. The molecule has 1 rings (SSSR count). The van der Waals surface area contributed by atoms with E-state index in [0.29, 0.717) is 0 Å². The van der Waals surface area contributed by atoms with Crippen LogP contribution in [-0.4, -0.2) is 36.4 Å². The summed E-state index contributed by atoms with van der Waals surface area (Å²) in [4.78, 5) is 0. The number of epoxide rings is 1. The smallest absolute Gasteiger partial charge is 0.224 e. The molecule has 0 aromatic rings. The SMILES string of the molecule is CCC[N+](CC)(CCC)C1(C)CO1. The quantitative estimate of drug-likeness (QED) is 0.458. The van der Waals surface area contributed by atoms with Crippen molar-refractivity contribution in [2.45, 2.75) is 46.3 Å². The monoisotopic (exact) mass is 186 g/mol. The molecule has 0 amide bonds. The highest BCUT2D eigenvalue weighted by Gasteiger charge is 2.57. The van der Waals surface area contributed by atoms with Gasteiger partial charge in [-0.3, -0.25) is 4.48 Å². The molecule has 78 valence electrons. The predicted molar refractivity (Wildman–Crippen MR) is 55.5 cm³/mol. The summed E-state index contributed by atoms with van der Waals surface area (Å²) in [5.74, 6) is 0. The summed E-state index contributed by atoms with van der Waals surface area (Å²) in [6.07, 6.45) is 2.51. The third-order valence-electron chi connectivity index (χ3n) is 3.47. The van der Waals surface area contributed by atoms with Crippen LogP contribution in [0.2, 0.25) is 0 Å². The molecule has 2 heteroatoms. The fourth-order valence-electron chi connectivity index (χ4n) is 2.47. The van der Waals surface area contributed by atoms with E-state index in [1.807, 2.05) is 0 Å². The molecule has 1 atom stereocenters. The van der Waals surface area contributed by atoms with Gasteiger partial charge in [0.15, 0.2) is 0 Å². The van der Waals surface area contributed by atoms with Crippen LogP contribution < -0.4 is 0 Å². The second-order valence-corrected chi connectivity index (χ2v) is 4.37. The van der Waals surface area contributed by atoms with E-state index < -0.39 is 0 Å². The van der Waals surface area contributed by atoms with Crippen LogP contribution in [0.3, 0.4) is 0 Å². The van der Waals surface area contributed by atoms with Crippen molar-refractivity contribution in [1.82, 2.24) is 0 Å². The fourth-order valence-corrected chi connectivity index (χ4v) is 2.47. The van der Waals surface area contributed by atoms with Crippen LogP contribution in [0.25, 0.3) is 0 Å². The lowest BCUT2D eigenvalue weighted by Gasteiger charge is -2.41.